The van der Waals surface area contributed by atoms with Gasteiger partial charge in [0.1, 0.15) is 0 Å². The summed E-state index contributed by atoms with van der Waals surface area (Å²) in [4.78, 5) is 0. The zero-order valence-electron chi connectivity index (χ0n) is 12.3. The van der Waals surface area contributed by atoms with Gasteiger partial charge in [0.05, 0.1) is 24.4 Å². The first-order valence-electron chi connectivity index (χ1n) is 7.63. The second-order valence-electron chi connectivity index (χ2n) is 6.21. The van der Waals surface area contributed by atoms with Crippen LogP contribution in [0.25, 0.3) is 0 Å². The minimum Gasteiger partial charge on any atom is -0.396 e. The lowest BCUT2D eigenvalue weighted by atomic mass is 9.66. The van der Waals surface area contributed by atoms with Gasteiger partial charge in [0, 0.05) is 5.41 Å². The minimum absolute atomic E-state index is 0.102. The van der Waals surface area contributed by atoms with Crippen LogP contribution < -0.4 is 0 Å². The first-order chi connectivity index (χ1) is 8.94. The lowest BCUT2D eigenvalue weighted by molar-refractivity contribution is -0.173. The van der Waals surface area contributed by atoms with Crippen LogP contribution in [0.2, 0.25) is 0 Å². The molecule has 0 aromatic carbocycles. The fourth-order valence-corrected chi connectivity index (χ4v) is 3.26. The molecule has 0 saturated heterocycles. The summed E-state index contributed by atoms with van der Waals surface area (Å²) in [6.45, 7) is 3.93. The standard InChI is InChI=1S/C15H30O4/c1-3-5-8-14(4-2,11-16)13(18)15(19)9-6-12(17)7-10-15/h12-13,16-19H,3-11H2,1-2H3. The molecule has 4 heteroatoms. The third-order valence-electron chi connectivity index (χ3n) is 4.96. The molecule has 0 bridgehead atoms. The van der Waals surface area contributed by atoms with Gasteiger partial charge in [0.25, 0.3) is 0 Å². The van der Waals surface area contributed by atoms with Crippen LogP contribution in [0.4, 0.5) is 0 Å². The summed E-state index contributed by atoms with van der Waals surface area (Å²) < 4.78 is 0. The van der Waals surface area contributed by atoms with Crippen LogP contribution in [0.1, 0.15) is 65.2 Å². The number of aliphatic hydroxyl groups is 4. The van der Waals surface area contributed by atoms with Crippen molar-refractivity contribution < 1.29 is 20.4 Å². The molecule has 2 atom stereocenters. The number of unbranched alkanes of at least 4 members (excludes halogenated alkanes) is 1. The van der Waals surface area contributed by atoms with E-state index < -0.39 is 17.1 Å². The maximum absolute atomic E-state index is 10.7. The predicted octanol–water partition coefficient (Wildman–Crippen LogP) is 1.59. The highest BCUT2D eigenvalue weighted by atomic mass is 16.3. The third kappa shape index (κ3) is 3.69. The van der Waals surface area contributed by atoms with E-state index in [1.54, 1.807) is 0 Å². The lowest BCUT2D eigenvalue weighted by Crippen LogP contribution is -2.55. The predicted molar refractivity (Wildman–Crippen MR) is 74.8 cm³/mol. The first kappa shape index (κ1) is 16.9. The summed E-state index contributed by atoms with van der Waals surface area (Å²) >= 11 is 0. The van der Waals surface area contributed by atoms with Crippen molar-refractivity contribution in [3.8, 4) is 0 Å². The van der Waals surface area contributed by atoms with E-state index >= 15 is 0 Å². The third-order valence-corrected chi connectivity index (χ3v) is 4.96. The second-order valence-corrected chi connectivity index (χ2v) is 6.21. The molecule has 2 unspecified atom stereocenters. The molecular formula is C15H30O4. The van der Waals surface area contributed by atoms with Gasteiger partial charge in [-0.25, -0.2) is 0 Å². The topological polar surface area (TPSA) is 80.9 Å². The SMILES string of the molecule is CCCCC(CC)(CO)C(O)C1(O)CCC(O)CC1. The Kier molecular flexibility index (Phi) is 6.24. The molecule has 1 aliphatic carbocycles. The Morgan fingerprint density at radius 3 is 2.26 bits per heavy atom. The Balaban J connectivity index is 2.82. The van der Waals surface area contributed by atoms with Gasteiger partial charge in [-0.05, 0) is 38.5 Å². The van der Waals surface area contributed by atoms with Crippen molar-refractivity contribution in [2.45, 2.75) is 83.0 Å². The largest absolute Gasteiger partial charge is 0.396 e. The quantitative estimate of drug-likeness (QED) is 0.568. The van der Waals surface area contributed by atoms with Crippen molar-refractivity contribution in [1.29, 1.82) is 0 Å². The van der Waals surface area contributed by atoms with Gasteiger partial charge in [0.2, 0.25) is 0 Å². The molecule has 0 amide bonds. The Bertz CT molecular complexity index is 255. The van der Waals surface area contributed by atoms with Crippen LogP contribution >= 0.6 is 0 Å². The van der Waals surface area contributed by atoms with E-state index in [0.29, 0.717) is 32.1 Å². The zero-order chi connectivity index (χ0) is 14.5. The highest BCUT2D eigenvalue weighted by molar-refractivity contribution is 5.00. The number of aliphatic hydroxyl groups excluding tert-OH is 3. The van der Waals surface area contributed by atoms with Crippen LogP contribution in [-0.4, -0.2) is 44.8 Å². The Hall–Kier alpha value is -0.160. The van der Waals surface area contributed by atoms with Gasteiger partial charge in [-0.15, -0.1) is 0 Å². The highest BCUT2D eigenvalue weighted by Gasteiger charge is 2.49. The van der Waals surface area contributed by atoms with E-state index in [9.17, 15) is 20.4 Å². The molecule has 0 aliphatic heterocycles. The summed E-state index contributed by atoms with van der Waals surface area (Å²) in [5.74, 6) is 0. The van der Waals surface area contributed by atoms with Crippen LogP contribution in [0.3, 0.4) is 0 Å². The summed E-state index contributed by atoms with van der Waals surface area (Å²) in [5, 5.41) is 40.6. The number of hydrogen-bond acceptors (Lipinski definition) is 4. The van der Waals surface area contributed by atoms with Crippen molar-refractivity contribution in [1.82, 2.24) is 0 Å². The van der Waals surface area contributed by atoms with Crippen molar-refractivity contribution >= 4 is 0 Å². The molecule has 0 aromatic rings. The Morgan fingerprint density at radius 2 is 1.84 bits per heavy atom. The molecular weight excluding hydrogens is 244 g/mol. The van der Waals surface area contributed by atoms with Crippen molar-refractivity contribution in [3.63, 3.8) is 0 Å². The minimum atomic E-state index is -1.16. The molecule has 0 aromatic heterocycles. The van der Waals surface area contributed by atoms with Gasteiger partial charge >= 0.3 is 0 Å². The van der Waals surface area contributed by atoms with E-state index in [-0.39, 0.29) is 12.7 Å². The average Bonchev–Trinajstić information content (AvgIpc) is 2.44. The zero-order valence-corrected chi connectivity index (χ0v) is 12.3. The van der Waals surface area contributed by atoms with Gasteiger partial charge < -0.3 is 20.4 Å². The number of hydrogen-bond donors (Lipinski definition) is 4. The molecule has 114 valence electrons. The Morgan fingerprint density at radius 1 is 1.26 bits per heavy atom. The van der Waals surface area contributed by atoms with Crippen LogP contribution in [0.15, 0.2) is 0 Å². The smallest absolute Gasteiger partial charge is 0.0913 e. The molecule has 1 rings (SSSR count). The van der Waals surface area contributed by atoms with Gasteiger partial charge in [-0.2, -0.15) is 0 Å². The highest BCUT2D eigenvalue weighted by Crippen LogP contribution is 2.43. The van der Waals surface area contributed by atoms with Gasteiger partial charge in [0.15, 0.2) is 0 Å². The molecule has 4 nitrogen and oxygen atoms in total. The molecule has 0 radical (unpaired) electrons. The van der Waals surface area contributed by atoms with E-state index in [1.165, 1.54) is 0 Å². The van der Waals surface area contributed by atoms with Crippen LogP contribution in [-0.2, 0) is 0 Å². The maximum Gasteiger partial charge on any atom is 0.0913 e. The summed E-state index contributed by atoms with van der Waals surface area (Å²) in [7, 11) is 0. The molecule has 0 heterocycles. The molecule has 19 heavy (non-hydrogen) atoms. The van der Waals surface area contributed by atoms with Gasteiger partial charge in [-0.1, -0.05) is 26.7 Å². The first-order valence-corrected chi connectivity index (χ1v) is 7.63. The fourth-order valence-electron chi connectivity index (χ4n) is 3.26. The molecule has 0 spiro atoms. The molecule has 1 fully saturated rings. The second kappa shape index (κ2) is 7.02. The summed E-state index contributed by atoms with van der Waals surface area (Å²) in [6, 6.07) is 0. The van der Waals surface area contributed by atoms with E-state index in [0.717, 1.165) is 19.3 Å². The number of rotatable bonds is 7. The summed E-state index contributed by atoms with van der Waals surface area (Å²) in [6.07, 6.45) is 3.88. The van der Waals surface area contributed by atoms with Crippen LogP contribution in [0, 0.1) is 5.41 Å². The van der Waals surface area contributed by atoms with Crippen molar-refractivity contribution in [3.05, 3.63) is 0 Å². The van der Waals surface area contributed by atoms with Crippen molar-refractivity contribution in [2.75, 3.05) is 6.61 Å². The van der Waals surface area contributed by atoms with Gasteiger partial charge in [-0.3, -0.25) is 0 Å². The van der Waals surface area contributed by atoms with E-state index in [4.69, 9.17) is 0 Å². The van der Waals surface area contributed by atoms with Crippen molar-refractivity contribution in [2.24, 2.45) is 5.41 Å². The Labute approximate surface area is 116 Å². The monoisotopic (exact) mass is 274 g/mol. The van der Waals surface area contributed by atoms with Crippen LogP contribution in [0.5, 0.6) is 0 Å². The molecule has 1 saturated carbocycles. The maximum atomic E-state index is 10.7. The summed E-state index contributed by atoms with van der Waals surface area (Å²) in [5.41, 5.74) is -1.78. The van der Waals surface area contributed by atoms with E-state index in [2.05, 4.69) is 6.92 Å². The lowest BCUT2D eigenvalue weighted by Gasteiger charge is -2.47. The fraction of sp³-hybridized carbons (Fsp3) is 1.00. The molecule has 4 N–H and O–H groups in total. The molecule has 1 aliphatic rings. The normalized spacial score (nSPS) is 32.8. The average molecular weight is 274 g/mol. The van der Waals surface area contributed by atoms with E-state index in [1.807, 2.05) is 6.92 Å².